The molecule has 0 spiro atoms. The van der Waals surface area contributed by atoms with Gasteiger partial charge in [0.1, 0.15) is 12.3 Å². The minimum Gasteiger partial charge on any atom is -0.492 e. The zero-order valence-corrected chi connectivity index (χ0v) is 14.3. The van der Waals surface area contributed by atoms with Crippen molar-refractivity contribution in [1.82, 2.24) is 5.32 Å². The molecule has 1 N–H and O–H groups in total. The van der Waals surface area contributed by atoms with E-state index in [2.05, 4.69) is 5.32 Å². The van der Waals surface area contributed by atoms with E-state index >= 15 is 0 Å². The molecule has 22 heavy (non-hydrogen) atoms. The predicted molar refractivity (Wildman–Crippen MR) is 87.7 cm³/mol. The third-order valence-corrected chi connectivity index (χ3v) is 4.27. The Balaban J connectivity index is 3.08. The van der Waals surface area contributed by atoms with Crippen molar-refractivity contribution in [2.24, 2.45) is 0 Å². The molecule has 0 aliphatic heterocycles. The smallest absolute Gasteiger partial charge is 0.240 e. The fraction of sp³-hybridized carbons (Fsp3) is 0.533. The number of amides is 1. The van der Waals surface area contributed by atoms with Gasteiger partial charge in [0, 0.05) is 6.04 Å². The van der Waals surface area contributed by atoms with E-state index in [1.165, 1.54) is 0 Å². The molecule has 1 amide bonds. The number of benzene rings is 1. The molecule has 6 nitrogen and oxygen atoms in total. The van der Waals surface area contributed by atoms with Crippen molar-refractivity contribution in [2.75, 3.05) is 23.7 Å². The van der Waals surface area contributed by atoms with Gasteiger partial charge in [-0.25, -0.2) is 8.42 Å². The molecule has 0 saturated carbocycles. The first-order valence-electron chi connectivity index (χ1n) is 7.28. The Hall–Kier alpha value is -1.76. The summed E-state index contributed by atoms with van der Waals surface area (Å²) in [6, 6.07) is 6.78. The first kappa shape index (κ1) is 18.3. The van der Waals surface area contributed by atoms with E-state index in [-0.39, 0.29) is 18.5 Å². The summed E-state index contributed by atoms with van der Waals surface area (Å²) >= 11 is 0. The van der Waals surface area contributed by atoms with E-state index in [9.17, 15) is 13.2 Å². The van der Waals surface area contributed by atoms with Gasteiger partial charge in [0.25, 0.3) is 0 Å². The highest BCUT2D eigenvalue weighted by Crippen LogP contribution is 2.29. The van der Waals surface area contributed by atoms with Crippen molar-refractivity contribution in [3.8, 4) is 5.75 Å². The maximum Gasteiger partial charge on any atom is 0.240 e. The lowest BCUT2D eigenvalue weighted by molar-refractivity contribution is -0.120. The summed E-state index contributed by atoms with van der Waals surface area (Å²) in [7, 11) is -3.60. The average molecular weight is 328 g/mol. The van der Waals surface area contributed by atoms with Crippen LogP contribution in [0.4, 0.5) is 5.69 Å². The average Bonchev–Trinajstić information content (AvgIpc) is 2.44. The number of ether oxygens (including phenoxy) is 1. The standard InChI is InChI=1S/C15H24N2O4S/c1-5-12(3)16-15(18)11-17(22(4,19)20)13-9-7-8-10-14(13)21-6-2/h7-10,12H,5-6,11H2,1-4H3,(H,16,18)/t12-/m0/s1. The van der Waals surface area contributed by atoms with Gasteiger partial charge in [-0.2, -0.15) is 0 Å². The Labute approximate surface area is 132 Å². The molecule has 0 fully saturated rings. The number of hydrogen-bond acceptors (Lipinski definition) is 4. The van der Waals surface area contributed by atoms with E-state index in [1.54, 1.807) is 24.3 Å². The van der Waals surface area contributed by atoms with Crippen LogP contribution in [0.5, 0.6) is 5.75 Å². The van der Waals surface area contributed by atoms with E-state index in [4.69, 9.17) is 4.74 Å². The van der Waals surface area contributed by atoms with Gasteiger partial charge in [0.2, 0.25) is 15.9 Å². The Morgan fingerprint density at radius 3 is 2.50 bits per heavy atom. The normalized spacial score (nSPS) is 12.5. The van der Waals surface area contributed by atoms with Gasteiger partial charge in [-0.15, -0.1) is 0 Å². The topological polar surface area (TPSA) is 75.7 Å². The van der Waals surface area contributed by atoms with Gasteiger partial charge < -0.3 is 10.1 Å². The van der Waals surface area contributed by atoms with Crippen LogP contribution in [0.15, 0.2) is 24.3 Å². The molecule has 0 heterocycles. The van der Waals surface area contributed by atoms with Crippen molar-refractivity contribution >= 4 is 21.6 Å². The minimum absolute atomic E-state index is 0.00366. The van der Waals surface area contributed by atoms with Crippen LogP contribution in [0.2, 0.25) is 0 Å². The molecule has 124 valence electrons. The number of rotatable bonds is 8. The van der Waals surface area contributed by atoms with Crippen LogP contribution in [0.3, 0.4) is 0 Å². The lowest BCUT2D eigenvalue weighted by atomic mass is 10.2. The lowest BCUT2D eigenvalue weighted by Gasteiger charge is -2.24. The van der Waals surface area contributed by atoms with Gasteiger partial charge in [-0.3, -0.25) is 9.10 Å². The molecule has 0 radical (unpaired) electrons. The van der Waals surface area contributed by atoms with Crippen molar-refractivity contribution < 1.29 is 17.9 Å². The molecule has 0 saturated heterocycles. The summed E-state index contributed by atoms with van der Waals surface area (Å²) in [6.45, 7) is 5.78. The molecule has 7 heteroatoms. The van der Waals surface area contributed by atoms with Gasteiger partial charge in [-0.05, 0) is 32.4 Å². The monoisotopic (exact) mass is 328 g/mol. The molecule has 0 aromatic heterocycles. The summed E-state index contributed by atoms with van der Waals surface area (Å²) < 4.78 is 30.7. The second-order valence-electron chi connectivity index (χ2n) is 5.05. The molecule has 0 aliphatic rings. The highest BCUT2D eigenvalue weighted by Gasteiger charge is 2.24. The Morgan fingerprint density at radius 2 is 1.95 bits per heavy atom. The summed E-state index contributed by atoms with van der Waals surface area (Å²) in [4.78, 5) is 12.1. The Kier molecular flexibility index (Phi) is 6.67. The van der Waals surface area contributed by atoms with Crippen molar-refractivity contribution in [3.05, 3.63) is 24.3 Å². The minimum atomic E-state index is -3.60. The number of carbonyl (C=O) groups excluding carboxylic acids is 1. The first-order chi connectivity index (χ1) is 10.3. The molecule has 1 aromatic carbocycles. The highest BCUT2D eigenvalue weighted by molar-refractivity contribution is 7.92. The third kappa shape index (κ3) is 5.22. The number of carbonyl (C=O) groups is 1. The molecule has 1 aromatic rings. The summed E-state index contributed by atoms with van der Waals surface area (Å²) in [5.74, 6) is 0.0952. The zero-order chi connectivity index (χ0) is 16.8. The van der Waals surface area contributed by atoms with Crippen LogP contribution in [0.25, 0.3) is 0 Å². The fourth-order valence-corrected chi connectivity index (χ4v) is 2.73. The Bertz CT molecular complexity index is 601. The van der Waals surface area contributed by atoms with Gasteiger partial charge in [0.15, 0.2) is 0 Å². The van der Waals surface area contributed by atoms with Crippen molar-refractivity contribution in [2.45, 2.75) is 33.2 Å². The van der Waals surface area contributed by atoms with Gasteiger partial charge >= 0.3 is 0 Å². The maximum absolute atomic E-state index is 12.1. The zero-order valence-electron chi connectivity index (χ0n) is 13.5. The van der Waals surface area contributed by atoms with Crippen molar-refractivity contribution in [1.29, 1.82) is 0 Å². The number of para-hydroxylation sites is 2. The highest BCUT2D eigenvalue weighted by atomic mass is 32.2. The fourth-order valence-electron chi connectivity index (χ4n) is 1.87. The Morgan fingerprint density at radius 1 is 1.32 bits per heavy atom. The van der Waals surface area contributed by atoms with Crippen LogP contribution < -0.4 is 14.4 Å². The van der Waals surface area contributed by atoms with Gasteiger partial charge in [0.05, 0.1) is 18.6 Å². The lowest BCUT2D eigenvalue weighted by Crippen LogP contribution is -2.43. The van der Waals surface area contributed by atoms with Crippen LogP contribution in [0.1, 0.15) is 27.2 Å². The first-order valence-corrected chi connectivity index (χ1v) is 9.13. The van der Waals surface area contributed by atoms with E-state index in [0.717, 1.165) is 17.0 Å². The third-order valence-electron chi connectivity index (χ3n) is 3.14. The van der Waals surface area contributed by atoms with Crippen LogP contribution in [0, 0.1) is 0 Å². The van der Waals surface area contributed by atoms with E-state index in [0.29, 0.717) is 18.0 Å². The van der Waals surface area contributed by atoms with E-state index < -0.39 is 10.0 Å². The quantitative estimate of drug-likeness (QED) is 0.789. The number of sulfonamides is 1. The predicted octanol–water partition coefficient (Wildman–Crippen LogP) is 1.77. The molecule has 0 aliphatic carbocycles. The van der Waals surface area contributed by atoms with Gasteiger partial charge in [-0.1, -0.05) is 19.1 Å². The molecule has 1 rings (SSSR count). The number of anilines is 1. The molecule has 1 atom stereocenters. The number of nitrogens with one attached hydrogen (secondary N) is 1. The summed E-state index contributed by atoms with van der Waals surface area (Å²) in [5.41, 5.74) is 0.367. The second kappa shape index (κ2) is 8.03. The van der Waals surface area contributed by atoms with E-state index in [1.807, 2.05) is 20.8 Å². The van der Waals surface area contributed by atoms with Crippen molar-refractivity contribution in [3.63, 3.8) is 0 Å². The van der Waals surface area contributed by atoms with Crippen LogP contribution >= 0.6 is 0 Å². The molecule has 0 unspecified atom stereocenters. The maximum atomic E-state index is 12.1. The SMILES string of the molecule is CCOc1ccccc1N(CC(=O)N[C@@H](C)CC)S(C)(=O)=O. The molecule has 0 bridgehead atoms. The summed E-state index contributed by atoms with van der Waals surface area (Å²) in [5, 5.41) is 2.77. The largest absolute Gasteiger partial charge is 0.492 e. The summed E-state index contributed by atoms with van der Waals surface area (Å²) in [6.07, 6.45) is 1.85. The van der Waals surface area contributed by atoms with Crippen LogP contribution in [-0.2, 0) is 14.8 Å². The molecular formula is C15H24N2O4S. The molecular weight excluding hydrogens is 304 g/mol. The number of hydrogen-bond donors (Lipinski definition) is 1. The second-order valence-corrected chi connectivity index (χ2v) is 6.95. The van der Waals surface area contributed by atoms with Crippen LogP contribution in [-0.4, -0.2) is 39.8 Å². The number of nitrogens with zero attached hydrogens (tertiary/aromatic N) is 1.